The van der Waals surface area contributed by atoms with Crippen LogP contribution in [0.5, 0.6) is 0 Å². The van der Waals surface area contributed by atoms with E-state index in [1.807, 2.05) is 46.0 Å². The third kappa shape index (κ3) is 5.53. The number of rotatable bonds is 7. The van der Waals surface area contributed by atoms with Gasteiger partial charge in [-0.3, -0.25) is 4.79 Å². The summed E-state index contributed by atoms with van der Waals surface area (Å²) in [5.74, 6) is 2.27. The normalized spacial score (nSPS) is 15.1. The molecule has 3 aromatic rings. The third-order valence-corrected chi connectivity index (χ3v) is 6.60. The first-order valence-electron chi connectivity index (χ1n) is 12.0. The number of ketones is 1. The number of carbonyl (C=O) groups is 1. The quantitative estimate of drug-likeness (QED) is 0.526. The molecule has 34 heavy (non-hydrogen) atoms. The maximum absolute atomic E-state index is 13.0. The van der Waals surface area contributed by atoms with E-state index >= 15 is 0 Å². The van der Waals surface area contributed by atoms with Gasteiger partial charge in [-0.2, -0.15) is 5.10 Å². The molecule has 180 valence electrons. The lowest BCUT2D eigenvalue weighted by molar-refractivity contribution is 0.0482. The van der Waals surface area contributed by atoms with Crippen molar-refractivity contribution in [2.45, 2.75) is 65.9 Å². The summed E-state index contributed by atoms with van der Waals surface area (Å²) in [7, 11) is 0. The zero-order valence-corrected chi connectivity index (χ0v) is 20.9. The van der Waals surface area contributed by atoms with Crippen LogP contribution >= 0.6 is 0 Å². The Bertz CT molecular complexity index is 1150. The highest BCUT2D eigenvalue weighted by Gasteiger charge is 2.26. The maximum atomic E-state index is 13.0. The van der Waals surface area contributed by atoms with Crippen molar-refractivity contribution in [1.29, 1.82) is 0 Å². The van der Waals surface area contributed by atoms with E-state index in [1.165, 1.54) is 0 Å². The fourth-order valence-corrected chi connectivity index (χ4v) is 4.89. The van der Waals surface area contributed by atoms with E-state index in [2.05, 4.69) is 28.0 Å². The van der Waals surface area contributed by atoms with Gasteiger partial charge in [0.1, 0.15) is 5.82 Å². The van der Waals surface area contributed by atoms with Gasteiger partial charge in [0, 0.05) is 31.9 Å². The molecule has 4 heterocycles. The van der Waals surface area contributed by atoms with Gasteiger partial charge in [0.25, 0.3) is 0 Å². The summed E-state index contributed by atoms with van der Waals surface area (Å²) >= 11 is 0. The van der Waals surface area contributed by atoms with Crippen LogP contribution in [-0.2, 0) is 6.42 Å². The summed E-state index contributed by atoms with van der Waals surface area (Å²) in [6.45, 7) is 11.6. The Kier molecular flexibility index (Phi) is 6.84. The number of hydrogen-bond acceptors (Lipinski definition) is 6. The molecule has 0 unspecified atom stereocenters. The minimum Gasteiger partial charge on any atom is -0.390 e. The predicted molar refractivity (Wildman–Crippen MR) is 134 cm³/mol. The van der Waals surface area contributed by atoms with Gasteiger partial charge in [0.15, 0.2) is 11.6 Å². The lowest BCUT2D eigenvalue weighted by Crippen LogP contribution is -2.37. The summed E-state index contributed by atoms with van der Waals surface area (Å²) in [5.41, 5.74) is 3.86. The van der Waals surface area contributed by atoms with Gasteiger partial charge in [-0.25, -0.2) is 14.6 Å². The van der Waals surface area contributed by atoms with E-state index in [0.717, 1.165) is 60.6 Å². The highest BCUT2D eigenvalue weighted by Crippen LogP contribution is 2.29. The zero-order valence-electron chi connectivity index (χ0n) is 20.9. The fourth-order valence-electron chi connectivity index (χ4n) is 4.89. The number of piperidine rings is 1. The lowest BCUT2D eigenvalue weighted by Gasteiger charge is -2.35. The average Bonchev–Trinajstić information content (AvgIpc) is 3.15. The van der Waals surface area contributed by atoms with Crippen molar-refractivity contribution in [2.24, 2.45) is 5.92 Å². The lowest BCUT2D eigenvalue weighted by atomic mass is 9.86. The topological polar surface area (TPSA) is 84.1 Å². The summed E-state index contributed by atoms with van der Waals surface area (Å²) in [5, 5.41) is 14.5. The molecule has 4 rings (SSSR count). The van der Waals surface area contributed by atoms with Crippen molar-refractivity contribution in [3.8, 4) is 5.82 Å². The molecular formula is C27H35N5O2. The molecule has 0 amide bonds. The fraction of sp³-hybridized carbons (Fsp3) is 0.481. The molecule has 0 saturated carbocycles. The minimum absolute atomic E-state index is 0.0252. The van der Waals surface area contributed by atoms with Gasteiger partial charge in [-0.15, -0.1) is 0 Å². The molecule has 3 aromatic heterocycles. The Morgan fingerprint density at radius 2 is 1.82 bits per heavy atom. The second kappa shape index (κ2) is 9.66. The summed E-state index contributed by atoms with van der Waals surface area (Å²) < 4.78 is 1.71. The molecular weight excluding hydrogens is 426 g/mol. The van der Waals surface area contributed by atoms with Crippen molar-refractivity contribution >= 4 is 11.6 Å². The van der Waals surface area contributed by atoms with Gasteiger partial charge in [-0.1, -0.05) is 12.1 Å². The molecule has 7 nitrogen and oxygen atoms in total. The van der Waals surface area contributed by atoms with Gasteiger partial charge < -0.3 is 10.0 Å². The van der Waals surface area contributed by atoms with Crippen LogP contribution in [0.4, 0.5) is 5.82 Å². The van der Waals surface area contributed by atoms with Crippen LogP contribution in [0.25, 0.3) is 5.82 Å². The first-order valence-corrected chi connectivity index (χ1v) is 12.0. The molecule has 0 aliphatic carbocycles. The van der Waals surface area contributed by atoms with Gasteiger partial charge >= 0.3 is 0 Å². The van der Waals surface area contributed by atoms with Crippen LogP contribution in [0.3, 0.4) is 0 Å². The highest BCUT2D eigenvalue weighted by molar-refractivity contribution is 5.98. The highest BCUT2D eigenvalue weighted by atomic mass is 16.3. The van der Waals surface area contributed by atoms with Crippen molar-refractivity contribution in [3.63, 3.8) is 0 Å². The van der Waals surface area contributed by atoms with Gasteiger partial charge in [0.2, 0.25) is 0 Å². The maximum Gasteiger partial charge on any atom is 0.170 e. The number of pyridine rings is 2. The first kappa shape index (κ1) is 24.1. The van der Waals surface area contributed by atoms with E-state index < -0.39 is 5.60 Å². The zero-order chi connectivity index (χ0) is 24.5. The minimum atomic E-state index is -0.610. The van der Waals surface area contributed by atoms with Crippen LogP contribution in [0.1, 0.15) is 65.9 Å². The number of hydrogen-bond donors (Lipinski definition) is 1. The largest absolute Gasteiger partial charge is 0.390 e. The smallest absolute Gasteiger partial charge is 0.170 e. The summed E-state index contributed by atoms with van der Waals surface area (Å²) in [4.78, 5) is 24.5. The number of aliphatic hydroxyl groups is 1. The number of nitrogens with zero attached hydrogens (tertiary/aromatic N) is 5. The van der Waals surface area contributed by atoms with Crippen LogP contribution in [0.15, 0.2) is 36.8 Å². The van der Waals surface area contributed by atoms with Crippen molar-refractivity contribution in [1.82, 2.24) is 19.7 Å². The molecule has 0 atom stereocenters. The molecule has 0 bridgehead atoms. The second-order valence-corrected chi connectivity index (χ2v) is 10.3. The second-order valence-electron chi connectivity index (χ2n) is 10.3. The number of anilines is 1. The molecule has 7 heteroatoms. The molecule has 1 aliphatic rings. The number of aryl methyl sites for hydroxylation is 2. The van der Waals surface area contributed by atoms with Crippen molar-refractivity contribution < 1.29 is 9.90 Å². The van der Waals surface area contributed by atoms with E-state index in [1.54, 1.807) is 17.1 Å². The van der Waals surface area contributed by atoms with E-state index in [0.29, 0.717) is 17.3 Å². The van der Waals surface area contributed by atoms with E-state index in [-0.39, 0.29) is 12.2 Å². The number of Topliss-reactive ketones (excluding diaryl/α,β-unsaturated/α-hetero) is 1. The van der Waals surface area contributed by atoms with Crippen molar-refractivity contribution in [3.05, 3.63) is 64.7 Å². The van der Waals surface area contributed by atoms with Gasteiger partial charge in [0.05, 0.1) is 23.1 Å². The van der Waals surface area contributed by atoms with Crippen LogP contribution in [0, 0.1) is 26.7 Å². The Hall–Kier alpha value is -3.06. The predicted octanol–water partition coefficient (Wildman–Crippen LogP) is 4.39. The Morgan fingerprint density at radius 1 is 1.09 bits per heavy atom. The monoisotopic (exact) mass is 461 g/mol. The standard InChI is InChI=1S/C27H35N5O2/c1-18-6-7-25(28-15-18)32-20(3)23(17-30-32)24(33)13-22-12-19(2)26(29-16-22)31-10-8-21(9-11-31)14-27(4,5)34/h6-7,12,15-17,21,34H,8-11,13-14H2,1-5H3. The summed E-state index contributed by atoms with van der Waals surface area (Å²) in [6, 6.07) is 5.96. The van der Waals surface area contributed by atoms with E-state index in [4.69, 9.17) is 4.98 Å². The molecule has 0 aromatic carbocycles. The summed E-state index contributed by atoms with van der Waals surface area (Å²) in [6.07, 6.45) is 8.49. The SMILES string of the molecule is Cc1ccc(-n2ncc(C(=O)Cc3cnc(N4CCC(CC(C)(C)O)CC4)c(C)c3)c2C)nc1. The molecule has 0 spiro atoms. The van der Waals surface area contributed by atoms with Crippen LogP contribution < -0.4 is 4.90 Å². The Morgan fingerprint density at radius 3 is 2.44 bits per heavy atom. The molecule has 1 N–H and O–H groups in total. The van der Waals surface area contributed by atoms with Gasteiger partial charge in [-0.05, 0) is 82.6 Å². The third-order valence-electron chi connectivity index (χ3n) is 6.60. The Labute approximate surface area is 201 Å². The van der Waals surface area contributed by atoms with Crippen LogP contribution in [0.2, 0.25) is 0 Å². The van der Waals surface area contributed by atoms with E-state index in [9.17, 15) is 9.90 Å². The number of aromatic nitrogens is 4. The molecule has 0 radical (unpaired) electrons. The van der Waals surface area contributed by atoms with Crippen LogP contribution in [-0.4, -0.2) is 49.3 Å². The molecule has 1 saturated heterocycles. The number of carbonyl (C=O) groups excluding carboxylic acids is 1. The van der Waals surface area contributed by atoms with Crippen molar-refractivity contribution in [2.75, 3.05) is 18.0 Å². The average molecular weight is 462 g/mol. The Balaban J connectivity index is 1.41. The first-order chi connectivity index (χ1) is 16.1. The molecule has 1 aliphatic heterocycles. The molecule has 1 fully saturated rings.